The Morgan fingerprint density at radius 2 is 2.25 bits per heavy atom. The molecule has 2 rings (SSSR count). The number of hydrogen-bond donors (Lipinski definition) is 1. The van der Waals surface area contributed by atoms with Gasteiger partial charge in [0, 0.05) is 12.1 Å². The lowest BCUT2D eigenvalue weighted by Gasteiger charge is -2.13. The van der Waals surface area contributed by atoms with Gasteiger partial charge in [0.15, 0.2) is 0 Å². The monoisotopic (exact) mass is 219 g/mol. The molecule has 88 valence electrons. The van der Waals surface area contributed by atoms with E-state index in [9.17, 15) is 0 Å². The molecule has 1 N–H and O–H groups in total. The van der Waals surface area contributed by atoms with Crippen molar-refractivity contribution < 1.29 is 4.74 Å². The third kappa shape index (κ3) is 3.53. The molecule has 0 aromatic heterocycles. The van der Waals surface area contributed by atoms with Crippen molar-refractivity contribution >= 4 is 0 Å². The molecule has 0 radical (unpaired) electrons. The Balaban J connectivity index is 1.78. The predicted molar refractivity (Wildman–Crippen MR) is 66.9 cm³/mol. The normalized spacial score (nSPS) is 17.1. The zero-order valence-corrected chi connectivity index (χ0v) is 10.2. The lowest BCUT2D eigenvalue weighted by Crippen LogP contribution is -2.28. The molecule has 1 aromatic carbocycles. The van der Waals surface area contributed by atoms with Gasteiger partial charge in [-0.25, -0.2) is 0 Å². The summed E-state index contributed by atoms with van der Waals surface area (Å²) < 4.78 is 5.22. The molecule has 2 heteroatoms. The summed E-state index contributed by atoms with van der Waals surface area (Å²) >= 11 is 0. The molecule has 1 aliphatic carbocycles. The van der Waals surface area contributed by atoms with E-state index >= 15 is 0 Å². The number of hydrogen-bond acceptors (Lipinski definition) is 2. The molecule has 1 atom stereocenters. The molecule has 1 fully saturated rings. The molecule has 0 heterocycles. The predicted octanol–water partition coefficient (Wildman–Crippen LogP) is 2.77. The van der Waals surface area contributed by atoms with Crippen LogP contribution in [0.15, 0.2) is 24.3 Å². The van der Waals surface area contributed by atoms with Gasteiger partial charge in [-0.3, -0.25) is 0 Å². The van der Waals surface area contributed by atoms with Crippen LogP contribution in [0.4, 0.5) is 0 Å². The number of ether oxygens (including phenoxy) is 1. The van der Waals surface area contributed by atoms with Gasteiger partial charge in [0.2, 0.25) is 0 Å². The molecule has 0 saturated heterocycles. The standard InChI is InChI=1S/C14H21NO/c1-11(15-13-8-9-13)6-7-12-4-3-5-14(10-12)16-2/h3-5,10-11,13,15H,6-9H2,1-2H3. The summed E-state index contributed by atoms with van der Waals surface area (Å²) in [6.07, 6.45) is 5.05. The summed E-state index contributed by atoms with van der Waals surface area (Å²) in [5.41, 5.74) is 1.36. The second kappa shape index (κ2) is 5.35. The summed E-state index contributed by atoms with van der Waals surface area (Å²) in [5, 5.41) is 3.62. The molecule has 1 unspecified atom stereocenters. The Morgan fingerprint density at radius 3 is 2.94 bits per heavy atom. The molecule has 2 nitrogen and oxygen atoms in total. The van der Waals surface area contributed by atoms with Crippen LogP contribution in [0, 0.1) is 0 Å². The van der Waals surface area contributed by atoms with Gasteiger partial charge in [-0.05, 0) is 50.3 Å². The summed E-state index contributed by atoms with van der Waals surface area (Å²) in [4.78, 5) is 0. The zero-order valence-electron chi connectivity index (χ0n) is 10.2. The number of rotatable bonds is 6. The largest absolute Gasteiger partial charge is 0.497 e. The highest BCUT2D eigenvalue weighted by Crippen LogP contribution is 2.20. The maximum absolute atomic E-state index is 5.22. The van der Waals surface area contributed by atoms with Gasteiger partial charge in [0.1, 0.15) is 5.75 Å². The number of benzene rings is 1. The third-order valence-electron chi connectivity index (χ3n) is 3.10. The number of methoxy groups -OCH3 is 1. The molecule has 1 aromatic rings. The fraction of sp³-hybridized carbons (Fsp3) is 0.571. The fourth-order valence-corrected chi connectivity index (χ4v) is 1.95. The minimum atomic E-state index is 0.624. The van der Waals surface area contributed by atoms with Gasteiger partial charge in [-0.1, -0.05) is 12.1 Å². The lowest BCUT2D eigenvalue weighted by atomic mass is 10.1. The number of aryl methyl sites for hydroxylation is 1. The quantitative estimate of drug-likeness (QED) is 0.794. The molecule has 1 saturated carbocycles. The third-order valence-corrected chi connectivity index (χ3v) is 3.10. The second-order valence-electron chi connectivity index (χ2n) is 4.73. The summed E-state index contributed by atoms with van der Waals surface area (Å²) in [7, 11) is 1.72. The van der Waals surface area contributed by atoms with Crippen molar-refractivity contribution in [2.45, 2.75) is 44.7 Å². The molecule has 0 spiro atoms. The van der Waals surface area contributed by atoms with E-state index in [0.29, 0.717) is 6.04 Å². The van der Waals surface area contributed by atoms with Crippen LogP contribution >= 0.6 is 0 Å². The highest BCUT2D eigenvalue weighted by Gasteiger charge is 2.22. The Morgan fingerprint density at radius 1 is 1.44 bits per heavy atom. The highest BCUT2D eigenvalue weighted by atomic mass is 16.5. The van der Waals surface area contributed by atoms with Gasteiger partial charge in [-0.2, -0.15) is 0 Å². The maximum atomic E-state index is 5.22. The van der Waals surface area contributed by atoms with Crippen LogP contribution in [-0.2, 0) is 6.42 Å². The van der Waals surface area contributed by atoms with Crippen molar-refractivity contribution in [3.63, 3.8) is 0 Å². The first-order chi connectivity index (χ1) is 7.78. The average Bonchev–Trinajstić information content (AvgIpc) is 3.10. The minimum absolute atomic E-state index is 0.624. The van der Waals surface area contributed by atoms with E-state index in [4.69, 9.17) is 4.74 Å². The van der Waals surface area contributed by atoms with E-state index in [1.54, 1.807) is 7.11 Å². The molecular weight excluding hydrogens is 198 g/mol. The maximum Gasteiger partial charge on any atom is 0.119 e. The number of nitrogens with one attached hydrogen (secondary N) is 1. The van der Waals surface area contributed by atoms with Crippen molar-refractivity contribution in [2.75, 3.05) is 7.11 Å². The van der Waals surface area contributed by atoms with Crippen LogP contribution in [0.25, 0.3) is 0 Å². The van der Waals surface area contributed by atoms with Crippen LogP contribution in [0.2, 0.25) is 0 Å². The van der Waals surface area contributed by atoms with E-state index in [2.05, 4.69) is 30.4 Å². The van der Waals surface area contributed by atoms with E-state index in [0.717, 1.165) is 18.2 Å². The van der Waals surface area contributed by atoms with Crippen molar-refractivity contribution in [3.05, 3.63) is 29.8 Å². The Kier molecular flexibility index (Phi) is 3.83. The van der Waals surface area contributed by atoms with Gasteiger partial charge in [0.05, 0.1) is 7.11 Å². The van der Waals surface area contributed by atoms with E-state index in [1.807, 2.05) is 6.07 Å². The average molecular weight is 219 g/mol. The molecular formula is C14H21NO. The summed E-state index contributed by atoms with van der Waals surface area (Å²) in [5.74, 6) is 0.959. The van der Waals surface area contributed by atoms with E-state index in [-0.39, 0.29) is 0 Å². The van der Waals surface area contributed by atoms with Crippen LogP contribution in [-0.4, -0.2) is 19.2 Å². The first-order valence-corrected chi connectivity index (χ1v) is 6.17. The Labute approximate surface area is 98.0 Å². The lowest BCUT2D eigenvalue weighted by molar-refractivity contribution is 0.414. The van der Waals surface area contributed by atoms with Gasteiger partial charge in [-0.15, -0.1) is 0 Å². The first-order valence-electron chi connectivity index (χ1n) is 6.17. The van der Waals surface area contributed by atoms with Crippen LogP contribution in [0.3, 0.4) is 0 Å². The van der Waals surface area contributed by atoms with Crippen molar-refractivity contribution in [1.29, 1.82) is 0 Å². The molecule has 1 aliphatic rings. The topological polar surface area (TPSA) is 21.3 Å². The summed E-state index contributed by atoms with van der Waals surface area (Å²) in [6, 6.07) is 9.79. The molecule has 0 aliphatic heterocycles. The van der Waals surface area contributed by atoms with Crippen molar-refractivity contribution in [3.8, 4) is 5.75 Å². The fourth-order valence-electron chi connectivity index (χ4n) is 1.95. The Bertz CT molecular complexity index is 333. The summed E-state index contributed by atoms with van der Waals surface area (Å²) in [6.45, 7) is 2.28. The van der Waals surface area contributed by atoms with Gasteiger partial charge < -0.3 is 10.1 Å². The highest BCUT2D eigenvalue weighted by molar-refractivity contribution is 5.28. The zero-order chi connectivity index (χ0) is 11.4. The molecule has 0 bridgehead atoms. The second-order valence-corrected chi connectivity index (χ2v) is 4.73. The van der Waals surface area contributed by atoms with Crippen LogP contribution in [0.1, 0.15) is 31.7 Å². The molecule has 16 heavy (non-hydrogen) atoms. The SMILES string of the molecule is COc1cccc(CCC(C)NC2CC2)c1. The van der Waals surface area contributed by atoms with Crippen molar-refractivity contribution in [1.82, 2.24) is 5.32 Å². The van der Waals surface area contributed by atoms with Crippen LogP contribution < -0.4 is 10.1 Å². The Hall–Kier alpha value is -1.02. The molecule has 0 amide bonds. The van der Waals surface area contributed by atoms with Gasteiger partial charge >= 0.3 is 0 Å². The van der Waals surface area contributed by atoms with E-state index in [1.165, 1.54) is 24.8 Å². The van der Waals surface area contributed by atoms with Gasteiger partial charge in [0.25, 0.3) is 0 Å². The minimum Gasteiger partial charge on any atom is -0.497 e. The first kappa shape index (κ1) is 11.5. The smallest absolute Gasteiger partial charge is 0.119 e. The van der Waals surface area contributed by atoms with Crippen molar-refractivity contribution in [2.24, 2.45) is 0 Å². The van der Waals surface area contributed by atoms with Crippen LogP contribution in [0.5, 0.6) is 5.75 Å². The van der Waals surface area contributed by atoms with E-state index < -0.39 is 0 Å².